The van der Waals surface area contributed by atoms with Crippen molar-refractivity contribution in [2.24, 2.45) is 0 Å². The van der Waals surface area contributed by atoms with Crippen molar-refractivity contribution in [3.05, 3.63) is 93.8 Å². The zero-order chi connectivity index (χ0) is 24.1. The molecule has 0 bridgehead atoms. The molecule has 0 saturated heterocycles. The maximum atomic E-state index is 13.6. The monoisotopic (exact) mass is 478 g/mol. The van der Waals surface area contributed by atoms with Crippen LogP contribution in [0.4, 0.5) is 10.6 Å². The molecule has 1 aromatic heterocycles. The van der Waals surface area contributed by atoms with Gasteiger partial charge in [-0.05, 0) is 30.5 Å². The number of carbonyl (C=O) groups excluding carboxylic acids is 2. The third kappa shape index (κ3) is 4.70. The van der Waals surface area contributed by atoms with Crippen molar-refractivity contribution in [3.63, 3.8) is 0 Å². The first-order valence-corrected chi connectivity index (χ1v) is 11.7. The van der Waals surface area contributed by atoms with Gasteiger partial charge in [0, 0.05) is 35.3 Å². The second-order valence-electron chi connectivity index (χ2n) is 8.00. The molecule has 2 N–H and O–H groups in total. The Kier molecular flexibility index (Phi) is 7.33. The summed E-state index contributed by atoms with van der Waals surface area (Å²) >= 11 is 6.58. The van der Waals surface area contributed by atoms with E-state index in [4.69, 9.17) is 16.3 Å². The summed E-state index contributed by atoms with van der Waals surface area (Å²) in [6, 6.07) is 16.8. The average molecular weight is 479 g/mol. The Labute approximate surface area is 203 Å². The molecule has 4 rings (SSSR count). The Morgan fingerprint density at radius 1 is 1.09 bits per heavy atom. The lowest BCUT2D eigenvalue weighted by Crippen LogP contribution is -2.35. The van der Waals surface area contributed by atoms with Crippen LogP contribution in [0.2, 0.25) is 5.02 Å². The van der Waals surface area contributed by atoms with Gasteiger partial charge in [-0.15, -0.1) is 0 Å². The number of H-pyrrole nitrogens is 1. The van der Waals surface area contributed by atoms with Crippen molar-refractivity contribution < 1.29 is 14.3 Å². The lowest BCUT2D eigenvalue weighted by Gasteiger charge is -2.36. The van der Waals surface area contributed by atoms with Gasteiger partial charge >= 0.3 is 12.1 Å². The Morgan fingerprint density at radius 2 is 1.82 bits per heavy atom. The second-order valence-corrected chi connectivity index (χ2v) is 8.41. The molecule has 3 aromatic rings. The Morgan fingerprint density at radius 3 is 2.53 bits per heavy atom. The van der Waals surface area contributed by atoms with Crippen LogP contribution in [0.1, 0.15) is 49.3 Å². The Bertz CT molecular complexity index is 1210. The maximum Gasteiger partial charge on any atom is 0.415 e. The molecule has 0 fully saturated rings. The molecular formula is C26H27ClN4O3. The fourth-order valence-electron chi connectivity index (χ4n) is 4.39. The lowest BCUT2D eigenvalue weighted by molar-refractivity contribution is -0.133. The van der Waals surface area contributed by atoms with Gasteiger partial charge in [-0.2, -0.15) is 5.10 Å². The number of esters is 1. The van der Waals surface area contributed by atoms with E-state index in [1.807, 2.05) is 67.3 Å². The highest BCUT2D eigenvalue weighted by Crippen LogP contribution is 2.46. The maximum absolute atomic E-state index is 13.6. The third-order valence-corrected chi connectivity index (χ3v) is 6.20. The zero-order valence-corrected chi connectivity index (χ0v) is 19.9. The van der Waals surface area contributed by atoms with Crippen LogP contribution in [0.25, 0.3) is 0 Å². The van der Waals surface area contributed by atoms with Crippen molar-refractivity contribution in [2.75, 3.05) is 11.4 Å². The number of halogens is 1. The second kappa shape index (κ2) is 10.6. The number of aromatic amines is 1. The molecule has 1 aliphatic heterocycles. The number of alkyl carbamates (subject to hydrolysis) is 1. The largest absolute Gasteiger partial charge is 0.415 e. The summed E-state index contributed by atoms with van der Waals surface area (Å²) < 4.78 is 5.32. The number of amides is 1. The minimum absolute atomic E-state index is 0.259. The molecule has 1 unspecified atom stereocenters. The number of rotatable bonds is 7. The standard InChI is InChI=1S/C26H27ClN4O3/c1-3-10-21-23(25(32)34-26(33)28-15-17-11-6-5-7-12-17)22(18-13-8-9-14-20(18)27)19-16-29-30-24(19)31(21)4-2/h5-9,11-14,16,22H,3-4,10,15H2,1-2H3,(H,28,33)(H,29,30). The van der Waals surface area contributed by atoms with Gasteiger partial charge in [0.1, 0.15) is 5.82 Å². The smallest absolute Gasteiger partial charge is 0.373 e. The van der Waals surface area contributed by atoms with Crippen LogP contribution in [0.5, 0.6) is 0 Å². The van der Waals surface area contributed by atoms with Gasteiger partial charge in [-0.25, -0.2) is 9.59 Å². The fourth-order valence-corrected chi connectivity index (χ4v) is 4.63. The molecule has 0 spiro atoms. The van der Waals surface area contributed by atoms with E-state index in [2.05, 4.69) is 15.5 Å². The summed E-state index contributed by atoms with van der Waals surface area (Å²) in [5.74, 6) is -0.383. The zero-order valence-electron chi connectivity index (χ0n) is 19.2. The molecule has 8 heteroatoms. The quantitative estimate of drug-likeness (QED) is 0.344. The van der Waals surface area contributed by atoms with Crippen LogP contribution in [0.3, 0.4) is 0 Å². The lowest BCUT2D eigenvalue weighted by atomic mass is 9.81. The third-order valence-electron chi connectivity index (χ3n) is 5.86. The summed E-state index contributed by atoms with van der Waals surface area (Å²) in [7, 11) is 0. The molecule has 0 radical (unpaired) electrons. The molecule has 176 valence electrons. The number of nitrogens with zero attached hydrogens (tertiary/aromatic N) is 2. The van der Waals surface area contributed by atoms with Gasteiger partial charge in [-0.1, -0.05) is 73.5 Å². The molecule has 0 aliphatic carbocycles. The average Bonchev–Trinajstić information content (AvgIpc) is 3.33. The number of aromatic nitrogens is 2. The van der Waals surface area contributed by atoms with Crippen molar-refractivity contribution in [3.8, 4) is 0 Å². The number of carbonyl (C=O) groups is 2. The first kappa shape index (κ1) is 23.6. The Hall–Kier alpha value is -3.58. The normalized spacial score (nSPS) is 15.1. The van der Waals surface area contributed by atoms with E-state index in [0.29, 0.717) is 23.6 Å². The molecule has 34 heavy (non-hydrogen) atoms. The predicted molar refractivity (Wildman–Crippen MR) is 132 cm³/mol. The van der Waals surface area contributed by atoms with Crippen LogP contribution in [-0.2, 0) is 16.1 Å². The van der Waals surface area contributed by atoms with Crippen molar-refractivity contribution in [2.45, 2.75) is 39.2 Å². The van der Waals surface area contributed by atoms with Crippen molar-refractivity contribution in [1.29, 1.82) is 0 Å². The van der Waals surface area contributed by atoms with E-state index in [0.717, 1.165) is 34.6 Å². The number of fused-ring (bicyclic) bond motifs is 1. The molecule has 2 heterocycles. The van der Waals surface area contributed by atoms with Gasteiger partial charge in [-0.3, -0.25) is 5.10 Å². The number of benzene rings is 2. The number of anilines is 1. The van der Waals surface area contributed by atoms with Gasteiger partial charge in [0.2, 0.25) is 0 Å². The van der Waals surface area contributed by atoms with Crippen LogP contribution in [0.15, 0.2) is 72.1 Å². The minimum Gasteiger partial charge on any atom is -0.373 e. The number of allylic oxidation sites excluding steroid dienone is 1. The van der Waals surface area contributed by atoms with E-state index < -0.39 is 18.0 Å². The summed E-state index contributed by atoms with van der Waals surface area (Å²) in [4.78, 5) is 28.1. The molecule has 1 atom stereocenters. The van der Waals surface area contributed by atoms with Crippen LogP contribution < -0.4 is 10.2 Å². The molecule has 0 saturated carbocycles. The first-order chi connectivity index (χ1) is 16.5. The van der Waals surface area contributed by atoms with Crippen LogP contribution in [-0.4, -0.2) is 28.8 Å². The molecule has 1 amide bonds. The SMILES string of the molecule is CCCC1=C(C(=O)OC(=O)NCc2ccccc2)C(c2ccccc2Cl)c2cn[nH]c2N1CC. The number of hydrogen-bond acceptors (Lipinski definition) is 5. The van der Waals surface area contributed by atoms with Crippen molar-refractivity contribution in [1.82, 2.24) is 15.5 Å². The van der Waals surface area contributed by atoms with E-state index in [1.165, 1.54) is 0 Å². The van der Waals surface area contributed by atoms with E-state index >= 15 is 0 Å². The highest BCUT2D eigenvalue weighted by molar-refractivity contribution is 6.31. The van der Waals surface area contributed by atoms with E-state index in [1.54, 1.807) is 12.3 Å². The highest BCUT2D eigenvalue weighted by Gasteiger charge is 2.40. The fraction of sp³-hybridized carbons (Fsp3) is 0.269. The summed E-state index contributed by atoms with van der Waals surface area (Å²) in [5, 5.41) is 10.5. The molecule has 1 aliphatic rings. The van der Waals surface area contributed by atoms with E-state index in [-0.39, 0.29) is 6.54 Å². The molecule has 2 aromatic carbocycles. The Balaban J connectivity index is 1.71. The summed E-state index contributed by atoms with van der Waals surface area (Å²) in [5.41, 5.74) is 3.68. The van der Waals surface area contributed by atoms with Gasteiger partial charge in [0.05, 0.1) is 11.8 Å². The number of hydrogen-bond donors (Lipinski definition) is 2. The van der Waals surface area contributed by atoms with Crippen LogP contribution in [0, 0.1) is 0 Å². The van der Waals surface area contributed by atoms with Crippen LogP contribution >= 0.6 is 11.6 Å². The topological polar surface area (TPSA) is 87.3 Å². The minimum atomic E-state index is -0.795. The summed E-state index contributed by atoms with van der Waals surface area (Å²) in [6.07, 6.45) is 2.35. The molecule has 7 nitrogen and oxygen atoms in total. The number of nitrogens with one attached hydrogen (secondary N) is 2. The first-order valence-electron chi connectivity index (χ1n) is 11.4. The van der Waals surface area contributed by atoms with Gasteiger partial charge < -0.3 is 15.0 Å². The highest BCUT2D eigenvalue weighted by atomic mass is 35.5. The molecular weight excluding hydrogens is 452 g/mol. The summed E-state index contributed by atoms with van der Waals surface area (Å²) in [6.45, 7) is 4.93. The predicted octanol–water partition coefficient (Wildman–Crippen LogP) is 5.54. The number of ether oxygens (including phenoxy) is 1. The van der Waals surface area contributed by atoms with Crippen molar-refractivity contribution >= 4 is 29.5 Å². The van der Waals surface area contributed by atoms with E-state index in [9.17, 15) is 9.59 Å². The van der Waals surface area contributed by atoms with Gasteiger partial charge in [0.25, 0.3) is 0 Å². The van der Waals surface area contributed by atoms with Gasteiger partial charge in [0.15, 0.2) is 0 Å².